The van der Waals surface area contributed by atoms with Crippen molar-refractivity contribution in [1.82, 2.24) is 4.31 Å². The van der Waals surface area contributed by atoms with Gasteiger partial charge in [0.25, 0.3) is 0 Å². The van der Waals surface area contributed by atoms with Gasteiger partial charge in [0, 0.05) is 24.2 Å². The Morgan fingerprint density at radius 2 is 1.71 bits per heavy atom. The van der Waals surface area contributed by atoms with E-state index in [0.717, 1.165) is 16.4 Å². The SMILES string of the molecule is O=S1(=O)CCN(S(=O)(=O)Cc2cc(F)cc(F)c2)CCC1c1ccccc1Cl. The van der Waals surface area contributed by atoms with Crippen LogP contribution in [0.5, 0.6) is 0 Å². The van der Waals surface area contributed by atoms with Crippen LogP contribution in [0.1, 0.15) is 22.8 Å². The number of hydrogen-bond acceptors (Lipinski definition) is 4. The zero-order chi connectivity index (χ0) is 20.5. The van der Waals surface area contributed by atoms with E-state index in [1.807, 2.05) is 0 Å². The lowest BCUT2D eigenvalue weighted by Crippen LogP contribution is -2.34. The van der Waals surface area contributed by atoms with Gasteiger partial charge in [-0.25, -0.2) is 29.9 Å². The van der Waals surface area contributed by atoms with Gasteiger partial charge in [0.15, 0.2) is 9.84 Å². The largest absolute Gasteiger partial charge is 0.228 e. The smallest absolute Gasteiger partial charge is 0.218 e. The lowest BCUT2D eigenvalue weighted by Gasteiger charge is -2.20. The maximum atomic E-state index is 13.3. The molecule has 1 aliphatic rings. The maximum Gasteiger partial charge on any atom is 0.218 e. The Balaban J connectivity index is 1.84. The van der Waals surface area contributed by atoms with Gasteiger partial charge in [0.2, 0.25) is 10.0 Å². The molecule has 0 N–H and O–H groups in total. The quantitative estimate of drug-likeness (QED) is 0.718. The number of sulfonamides is 1. The average molecular weight is 450 g/mol. The summed E-state index contributed by atoms with van der Waals surface area (Å²) >= 11 is 6.13. The first-order valence-corrected chi connectivity index (χ1v) is 12.2. The molecule has 2 aromatic rings. The molecule has 0 aliphatic carbocycles. The van der Waals surface area contributed by atoms with Gasteiger partial charge in [0.05, 0.1) is 16.8 Å². The van der Waals surface area contributed by atoms with Crippen LogP contribution < -0.4 is 0 Å². The molecule has 1 aliphatic heterocycles. The molecular weight excluding hydrogens is 432 g/mol. The lowest BCUT2D eigenvalue weighted by atomic mass is 10.1. The van der Waals surface area contributed by atoms with E-state index in [9.17, 15) is 25.6 Å². The molecule has 10 heteroatoms. The van der Waals surface area contributed by atoms with Crippen LogP contribution >= 0.6 is 11.6 Å². The first kappa shape index (κ1) is 21.2. The molecule has 0 spiro atoms. The molecule has 0 amide bonds. The molecule has 0 bridgehead atoms. The molecule has 0 radical (unpaired) electrons. The second-order valence-electron chi connectivity index (χ2n) is 6.60. The van der Waals surface area contributed by atoms with Gasteiger partial charge in [-0.2, -0.15) is 0 Å². The summed E-state index contributed by atoms with van der Waals surface area (Å²) in [5.41, 5.74) is 0.405. The summed E-state index contributed by atoms with van der Waals surface area (Å²) in [5.74, 6) is -2.72. The minimum Gasteiger partial charge on any atom is -0.228 e. The molecule has 3 rings (SSSR count). The number of sulfone groups is 1. The van der Waals surface area contributed by atoms with Crippen molar-refractivity contribution in [2.45, 2.75) is 17.4 Å². The highest BCUT2D eigenvalue weighted by Crippen LogP contribution is 2.34. The van der Waals surface area contributed by atoms with E-state index in [1.54, 1.807) is 24.3 Å². The van der Waals surface area contributed by atoms with E-state index in [-0.39, 0.29) is 30.8 Å². The first-order valence-electron chi connectivity index (χ1n) is 8.47. The Labute approximate surface area is 167 Å². The predicted octanol–water partition coefficient (Wildman–Crippen LogP) is 3.31. The van der Waals surface area contributed by atoms with Crippen LogP contribution in [-0.2, 0) is 25.6 Å². The Kier molecular flexibility index (Phi) is 6.09. The highest BCUT2D eigenvalue weighted by Gasteiger charge is 2.35. The van der Waals surface area contributed by atoms with Gasteiger partial charge in [-0.3, -0.25) is 0 Å². The minimum absolute atomic E-state index is 0.0325. The van der Waals surface area contributed by atoms with Gasteiger partial charge in [-0.05, 0) is 35.7 Å². The summed E-state index contributed by atoms with van der Waals surface area (Å²) < 4.78 is 78.6. The molecule has 5 nitrogen and oxygen atoms in total. The van der Waals surface area contributed by atoms with Crippen LogP contribution in [0.4, 0.5) is 8.78 Å². The summed E-state index contributed by atoms with van der Waals surface area (Å²) in [5, 5.41) is -0.601. The molecule has 0 aromatic heterocycles. The molecule has 1 fully saturated rings. The summed E-state index contributed by atoms with van der Waals surface area (Å²) in [6, 6.07) is 9.11. The first-order chi connectivity index (χ1) is 13.1. The van der Waals surface area contributed by atoms with Crippen LogP contribution in [0.25, 0.3) is 0 Å². The minimum atomic E-state index is -3.96. The third kappa shape index (κ3) is 4.71. The zero-order valence-corrected chi connectivity index (χ0v) is 17.1. The topological polar surface area (TPSA) is 71.5 Å². The fourth-order valence-electron chi connectivity index (χ4n) is 3.28. The Bertz CT molecular complexity index is 1070. The number of benzene rings is 2. The number of halogens is 3. The van der Waals surface area contributed by atoms with Crippen molar-refractivity contribution in [1.29, 1.82) is 0 Å². The van der Waals surface area contributed by atoms with E-state index in [0.29, 0.717) is 16.7 Å². The van der Waals surface area contributed by atoms with Crippen molar-refractivity contribution in [3.05, 3.63) is 70.2 Å². The van der Waals surface area contributed by atoms with Crippen LogP contribution in [0.3, 0.4) is 0 Å². The van der Waals surface area contributed by atoms with Crippen LogP contribution in [0.15, 0.2) is 42.5 Å². The van der Waals surface area contributed by atoms with Gasteiger partial charge < -0.3 is 0 Å². The monoisotopic (exact) mass is 449 g/mol. The van der Waals surface area contributed by atoms with Gasteiger partial charge >= 0.3 is 0 Å². The van der Waals surface area contributed by atoms with E-state index >= 15 is 0 Å². The summed E-state index contributed by atoms with van der Waals surface area (Å²) in [6.45, 7) is -0.251. The molecule has 1 heterocycles. The maximum absolute atomic E-state index is 13.3. The van der Waals surface area contributed by atoms with Crippen molar-refractivity contribution >= 4 is 31.5 Å². The molecule has 2 aromatic carbocycles. The molecule has 152 valence electrons. The van der Waals surface area contributed by atoms with Crippen molar-refractivity contribution in [2.75, 3.05) is 18.8 Å². The Morgan fingerprint density at radius 3 is 2.36 bits per heavy atom. The highest BCUT2D eigenvalue weighted by atomic mass is 35.5. The molecular formula is C18H18ClF2NO4S2. The average Bonchev–Trinajstić information content (AvgIpc) is 2.72. The van der Waals surface area contributed by atoms with Gasteiger partial charge in [0.1, 0.15) is 11.6 Å². The Hall–Kier alpha value is -1.55. The third-order valence-corrected chi connectivity index (χ3v) is 8.92. The van der Waals surface area contributed by atoms with Crippen molar-refractivity contribution in [3.63, 3.8) is 0 Å². The number of rotatable bonds is 4. The second kappa shape index (κ2) is 8.06. The molecule has 1 unspecified atom stereocenters. The Morgan fingerprint density at radius 1 is 1.07 bits per heavy atom. The number of hydrogen-bond donors (Lipinski definition) is 0. The predicted molar refractivity (Wildman–Crippen MR) is 103 cm³/mol. The molecule has 1 atom stereocenters. The zero-order valence-electron chi connectivity index (χ0n) is 14.7. The summed E-state index contributed by atoms with van der Waals surface area (Å²) in [6.07, 6.45) is 0.0445. The van der Waals surface area contributed by atoms with E-state index in [2.05, 4.69) is 0 Å². The normalized spacial score (nSPS) is 20.6. The standard InChI is InChI=1S/C18H18ClF2NO4S2/c19-17-4-2-1-3-16(17)18-5-6-22(7-8-27(18,23)24)28(25,26)12-13-9-14(20)11-15(21)10-13/h1-4,9-11,18H,5-8,12H2. The van der Waals surface area contributed by atoms with Gasteiger partial charge in [-0.1, -0.05) is 29.8 Å². The molecule has 28 heavy (non-hydrogen) atoms. The van der Waals surface area contributed by atoms with E-state index < -0.39 is 42.5 Å². The van der Waals surface area contributed by atoms with Crippen molar-refractivity contribution in [3.8, 4) is 0 Å². The fraction of sp³-hybridized carbons (Fsp3) is 0.333. The molecule has 0 saturated carbocycles. The van der Waals surface area contributed by atoms with E-state index in [1.165, 1.54) is 0 Å². The van der Waals surface area contributed by atoms with E-state index in [4.69, 9.17) is 11.6 Å². The van der Waals surface area contributed by atoms with Gasteiger partial charge in [-0.15, -0.1) is 0 Å². The summed E-state index contributed by atoms with van der Waals surface area (Å²) in [4.78, 5) is 0. The molecule has 1 saturated heterocycles. The fourth-order valence-corrected chi connectivity index (χ4v) is 7.07. The second-order valence-corrected chi connectivity index (χ2v) is 11.3. The highest BCUT2D eigenvalue weighted by molar-refractivity contribution is 7.92. The third-order valence-electron chi connectivity index (χ3n) is 4.62. The lowest BCUT2D eigenvalue weighted by molar-refractivity contribution is 0.427. The van der Waals surface area contributed by atoms with Crippen molar-refractivity contribution in [2.24, 2.45) is 0 Å². The van der Waals surface area contributed by atoms with Crippen LogP contribution in [0, 0.1) is 11.6 Å². The van der Waals surface area contributed by atoms with Crippen LogP contribution in [0.2, 0.25) is 5.02 Å². The summed E-state index contributed by atoms with van der Waals surface area (Å²) in [7, 11) is -7.58. The van der Waals surface area contributed by atoms with Crippen LogP contribution in [-0.4, -0.2) is 40.0 Å². The van der Waals surface area contributed by atoms with Crippen molar-refractivity contribution < 1.29 is 25.6 Å². The number of nitrogens with zero attached hydrogens (tertiary/aromatic N) is 1.